The molecule has 6 aromatic rings. The van der Waals surface area contributed by atoms with E-state index in [2.05, 4.69) is 0 Å². The van der Waals surface area contributed by atoms with Crippen LogP contribution in [0.1, 0.15) is 0 Å². The predicted molar refractivity (Wildman–Crippen MR) is 204 cm³/mol. The van der Waals surface area contributed by atoms with Gasteiger partial charge in [-0.1, -0.05) is 0 Å². The Morgan fingerprint density at radius 3 is 0.640 bits per heavy atom. The zero-order chi connectivity index (χ0) is 35.4. The Balaban J connectivity index is 1.45. The Morgan fingerprint density at radius 1 is 0.320 bits per heavy atom. The van der Waals surface area contributed by atoms with Gasteiger partial charge in [0.05, 0.1) is 0 Å². The molecule has 0 aromatic heterocycles. The van der Waals surface area contributed by atoms with Gasteiger partial charge in [-0.25, -0.2) is 0 Å². The third-order valence-corrected chi connectivity index (χ3v) is 23.3. The van der Waals surface area contributed by atoms with E-state index in [4.69, 9.17) is 16.6 Å². The first kappa shape index (κ1) is 35.7. The van der Waals surface area contributed by atoms with Crippen LogP contribution in [0.15, 0.2) is 182 Å². The number of hydrogen-bond donors (Lipinski definition) is 0. The summed E-state index contributed by atoms with van der Waals surface area (Å²) in [6, 6.07) is 53.4. The average Bonchev–Trinajstić information content (AvgIpc) is 3.16. The zero-order valence-corrected chi connectivity index (χ0v) is 30.7. The van der Waals surface area contributed by atoms with Crippen molar-refractivity contribution < 1.29 is 33.4 Å². The molecule has 50 heavy (non-hydrogen) atoms. The second kappa shape index (κ2) is 13.6. The standard InChI is InChI=1S/C38H36O8P2S2/c1-47(33-21-9-3-10-22-33,34-23-11-4-12-24-34,35-25-13-5-14-26-35)45-49(39,40)43-44-50(41,42)46-48(2,36-27-15-6-16-28-36,37-29-17-7-18-30-37)38-31-19-8-20-32-38/h3-32H,1-2H3. The summed E-state index contributed by atoms with van der Waals surface area (Å²) in [6.45, 7) is -5.41. The van der Waals surface area contributed by atoms with Crippen molar-refractivity contribution in [3.8, 4) is 0 Å². The van der Waals surface area contributed by atoms with Gasteiger partial charge in [-0.05, 0) is 0 Å². The van der Waals surface area contributed by atoms with Crippen LogP contribution in [0, 0.1) is 0 Å². The molecule has 6 aromatic carbocycles. The van der Waals surface area contributed by atoms with Gasteiger partial charge in [-0.3, -0.25) is 0 Å². The van der Waals surface area contributed by atoms with Crippen molar-refractivity contribution in [3.63, 3.8) is 0 Å². The molecule has 0 spiro atoms. The molecule has 0 heterocycles. The second-order valence-corrected chi connectivity index (χ2v) is 24.1. The monoisotopic (exact) mass is 746 g/mol. The fourth-order valence-electron chi connectivity index (χ4n) is 6.42. The van der Waals surface area contributed by atoms with Crippen LogP contribution in [0.2, 0.25) is 0 Å². The molecule has 0 aliphatic heterocycles. The van der Waals surface area contributed by atoms with Crippen LogP contribution in [0.25, 0.3) is 0 Å². The molecule has 0 bridgehead atoms. The van der Waals surface area contributed by atoms with Crippen LogP contribution in [0.4, 0.5) is 0 Å². The molecule has 258 valence electrons. The number of hydrogen-bond acceptors (Lipinski definition) is 8. The summed E-state index contributed by atoms with van der Waals surface area (Å²) in [5.41, 5.74) is 0. The van der Waals surface area contributed by atoms with Crippen molar-refractivity contribution in [2.75, 3.05) is 13.3 Å². The molecule has 0 amide bonds. The topological polar surface area (TPSA) is 105 Å². The van der Waals surface area contributed by atoms with E-state index in [1.165, 1.54) is 0 Å². The first-order valence-corrected chi connectivity index (χ1v) is 23.4. The van der Waals surface area contributed by atoms with Crippen LogP contribution in [-0.2, 0) is 37.4 Å². The van der Waals surface area contributed by atoms with Crippen molar-refractivity contribution >= 4 is 66.3 Å². The molecule has 0 aliphatic carbocycles. The zero-order valence-electron chi connectivity index (χ0n) is 27.3. The van der Waals surface area contributed by atoms with Gasteiger partial charge in [0, 0.05) is 0 Å². The Bertz CT molecular complexity index is 1920. The Morgan fingerprint density at radius 2 is 0.480 bits per heavy atom. The summed E-state index contributed by atoms with van der Waals surface area (Å²) in [5.74, 6) is 0. The molecule has 0 N–H and O–H groups in total. The van der Waals surface area contributed by atoms with E-state index in [0.717, 1.165) is 0 Å². The molecule has 6 rings (SSSR count). The summed E-state index contributed by atoms with van der Waals surface area (Å²) in [6.07, 6.45) is 0. The maximum absolute atomic E-state index is 14.0. The van der Waals surface area contributed by atoms with Crippen molar-refractivity contribution in [1.82, 2.24) is 0 Å². The first-order chi connectivity index (χ1) is 23.9. The molecule has 0 fully saturated rings. The molecule has 12 heteroatoms. The van der Waals surface area contributed by atoms with Crippen LogP contribution in [0.5, 0.6) is 0 Å². The third-order valence-electron chi connectivity index (χ3n) is 9.02. The predicted octanol–water partition coefficient (Wildman–Crippen LogP) is 5.61. The molecule has 0 radical (unpaired) electrons. The average molecular weight is 747 g/mol. The van der Waals surface area contributed by atoms with Gasteiger partial charge in [0.1, 0.15) is 0 Å². The summed E-state index contributed by atoms with van der Waals surface area (Å²) in [5, 5.41) is 3.32. The number of rotatable bonds is 13. The normalized spacial score (nSPS) is 14.1. The fraction of sp³-hybridized carbons (Fsp3) is 0.0526. The van der Waals surface area contributed by atoms with E-state index in [-0.39, 0.29) is 0 Å². The Labute approximate surface area is 293 Å². The van der Waals surface area contributed by atoms with Crippen LogP contribution < -0.4 is 31.8 Å². The molecule has 0 saturated carbocycles. The fourth-order valence-corrected chi connectivity index (χ4v) is 20.0. The van der Waals surface area contributed by atoms with E-state index in [9.17, 15) is 16.8 Å². The van der Waals surface area contributed by atoms with Crippen molar-refractivity contribution in [2.24, 2.45) is 0 Å². The quantitative estimate of drug-likeness (QED) is 0.0855. The molecule has 8 nitrogen and oxygen atoms in total. The summed E-state index contributed by atoms with van der Waals surface area (Å²) < 4.78 is 78.3. The molecule has 0 unspecified atom stereocenters. The summed E-state index contributed by atoms with van der Waals surface area (Å²) >= 11 is 0. The van der Waals surface area contributed by atoms with E-state index in [0.29, 0.717) is 31.8 Å². The molecule has 0 aliphatic rings. The summed E-state index contributed by atoms with van der Waals surface area (Å²) in [7, 11) is -10.5. The van der Waals surface area contributed by atoms with E-state index in [1.807, 2.05) is 0 Å². The van der Waals surface area contributed by atoms with Crippen molar-refractivity contribution in [3.05, 3.63) is 182 Å². The molecular weight excluding hydrogens is 710 g/mol. The van der Waals surface area contributed by atoms with Gasteiger partial charge in [0.2, 0.25) is 0 Å². The molecule has 0 saturated heterocycles. The maximum atomic E-state index is 14.0. The summed E-state index contributed by atoms with van der Waals surface area (Å²) in [4.78, 5) is 0. The van der Waals surface area contributed by atoms with Gasteiger partial charge in [-0.15, -0.1) is 0 Å². The minimum atomic E-state index is -5.25. The molecule has 0 atom stereocenters. The second-order valence-electron chi connectivity index (χ2n) is 12.0. The van der Waals surface area contributed by atoms with Crippen molar-refractivity contribution in [1.29, 1.82) is 0 Å². The van der Waals surface area contributed by atoms with Crippen LogP contribution >= 0.6 is 13.7 Å². The van der Waals surface area contributed by atoms with Crippen LogP contribution in [0.3, 0.4) is 0 Å². The SMILES string of the molecule is CP(OS(=O)(=O)OOS(=O)(=O)OP(C)(c1ccccc1)(c1ccccc1)c1ccccc1)(c1ccccc1)(c1ccccc1)c1ccccc1. The Kier molecular flexibility index (Phi) is 9.70. The van der Waals surface area contributed by atoms with Gasteiger partial charge >= 0.3 is 295 Å². The van der Waals surface area contributed by atoms with Crippen LogP contribution in [-0.4, -0.2) is 30.2 Å². The van der Waals surface area contributed by atoms with E-state index in [1.54, 1.807) is 195 Å². The molecular formula is C38H36O8P2S2. The van der Waals surface area contributed by atoms with Crippen molar-refractivity contribution in [2.45, 2.75) is 0 Å². The van der Waals surface area contributed by atoms with Gasteiger partial charge < -0.3 is 0 Å². The van der Waals surface area contributed by atoms with Gasteiger partial charge in [0.15, 0.2) is 0 Å². The minimum absolute atomic E-state index is 0.554. The number of benzene rings is 6. The third kappa shape index (κ3) is 6.35. The Hall–Kier alpha value is -4.08. The first-order valence-electron chi connectivity index (χ1n) is 15.6. The van der Waals surface area contributed by atoms with E-state index >= 15 is 0 Å². The van der Waals surface area contributed by atoms with Gasteiger partial charge in [0.25, 0.3) is 0 Å². The van der Waals surface area contributed by atoms with E-state index < -0.39 is 34.5 Å². The van der Waals surface area contributed by atoms with Gasteiger partial charge in [-0.2, -0.15) is 0 Å².